The van der Waals surface area contributed by atoms with Gasteiger partial charge in [0.25, 0.3) is 10.0 Å². The molecule has 3 aromatic rings. The summed E-state index contributed by atoms with van der Waals surface area (Å²) in [5.41, 5.74) is 2.26. The Morgan fingerprint density at radius 2 is 1.65 bits per heavy atom. The molecular formula is C30H34N4O5S. The third kappa shape index (κ3) is 5.16. The number of sulfonamides is 1. The van der Waals surface area contributed by atoms with Gasteiger partial charge in [0.05, 0.1) is 18.4 Å². The Hall–Kier alpha value is -3.89. The molecule has 0 saturated carbocycles. The number of rotatable bonds is 7. The highest BCUT2D eigenvalue weighted by Gasteiger charge is 2.43. The number of fused-ring (bicyclic) bond motifs is 1. The van der Waals surface area contributed by atoms with Gasteiger partial charge in [-0.15, -0.1) is 0 Å². The fourth-order valence-electron chi connectivity index (χ4n) is 5.45. The summed E-state index contributed by atoms with van der Waals surface area (Å²) < 4.78 is 34.3. The van der Waals surface area contributed by atoms with E-state index in [4.69, 9.17) is 4.74 Å². The van der Waals surface area contributed by atoms with Crippen LogP contribution in [-0.4, -0.2) is 79.9 Å². The summed E-state index contributed by atoms with van der Waals surface area (Å²) in [5, 5.41) is 11.0. The van der Waals surface area contributed by atoms with Crippen molar-refractivity contribution in [2.75, 3.05) is 51.3 Å². The zero-order chi connectivity index (χ0) is 28.4. The summed E-state index contributed by atoms with van der Waals surface area (Å²) >= 11 is 0. The molecule has 5 rings (SSSR count). The first-order valence-electron chi connectivity index (χ1n) is 13.4. The van der Waals surface area contributed by atoms with Crippen LogP contribution in [-0.2, 0) is 10.0 Å². The minimum absolute atomic E-state index is 0.0202. The monoisotopic (exact) mass is 562 g/mol. The summed E-state index contributed by atoms with van der Waals surface area (Å²) in [7, 11) is -2.51. The number of benzene rings is 2. The van der Waals surface area contributed by atoms with E-state index in [0.29, 0.717) is 29.8 Å². The molecular weight excluding hydrogens is 528 g/mol. The number of aliphatic hydroxyl groups excluding tert-OH is 1. The number of aryl methyl sites for hydroxylation is 2. The number of ketones is 1. The normalized spacial score (nSPS) is 18.4. The van der Waals surface area contributed by atoms with Crippen LogP contribution in [0.25, 0.3) is 5.76 Å². The second kappa shape index (κ2) is 11.3. The van der Waals surface area contributed by atoms with E-state index < -0.39 is 15.8 Å². The smallest absolute Gasteiger partial charge is 0.282 e. The largest absolute Gasteiger partial charge is 0.505 e. The van der Waals surface area contributed by atoms with Crippen LogP contribution in [0.5, 0.6) is 5.75 Å². The summed E-state index contributed by atoms with van der Waals surface area (Å²) in [5.74, 6) is -0.0559. The number of hydrogen-bond donors (Lipinski definition) is 1. The molecule has 0 bridgehead atoms. The number of Topliss-reactive ketones (excluding diaryl/α,β-unsaturated/α-hetero) is 1. The number of carbonyl (C=O) groups is 1. The number of aromatic nitrogens is 1. The fourth-order valence-corrected chi connectivity index (χ4v) is 7.21. The number of aliphatic hydroxyl groups is 1. The highest BCUT2D eigenvalue weighted by molar-refractivity contribution is 7.89. The maximum atomic E-state index is 13.9. The van der Waals surface area contributed by atoms with E-state index in [2.05, 4.69) is 20.9 Å². The third-order valence-corrected chi connectivity index (χ3v) is 9.17. The van der Waals surface area contributed by atoms with Crippen molar-refractivity contribution in [2.45, 2.75) is 25.3 Å². The maximum Gasteiger partial charge on any atom is 0.282 e. The Morgan fingerprint density at radius 1 is 0.975 bits per heavy atom. The highest BCUT2D eigenvalue weighted by Crippen LogP contribution is 2.36. The second-order valence-corrected chi connectivity index (χ2v) is 11.9. The number of pyridine rings is 1. The number of methoxy groups -OCH3 is 1. The van der Waals surface area contributed by atoms with E-state index in [-0.39, 0.29) is 28.6 Å². The molecule has 0 spiro atoms. The summed E-state index contributed by atoms with van der Waals surface area (Å²) in [6.45, 7) is 7.34. The number of para-hydroxylation sites is 2. The Kier molecular flexibility index (Phi) is 7.82. The number of nitrogens with zero attached hydrogens (tertiary/aromatic N) is 4. The summed E-state index contributed by atoms with van der Waals surface area (Å²) in [6, 6.07) is 18.2. The van der Waals surface area contributed by atoms with Gasteiger partial charge in [-0.1, -0.05) is 42.5 Å². The standard InChI is InChI=1S/C30H34N4O5S/c1-21-20-22(2)31-30-26(21)29(36)27(28(35)23-10-5-4-6-11-23)34(40(30,37)38)15-9-14-32-16-18-33(19-17-32)24-12-7-8-13-25(24)39-3/h4-8,10-13,20,35H,9,14-19H2,1-3H3/b28-27-. The lowest BCUT2D eigenvalue weighted by Crippen LogP contribution is -2.47. The molecule has 210 valence electrons. The van der Waals surface area contributed by atoms with Gasteiger partial charge in [0.15, 0.2) is 10.8 Å². The first kappa shape index (κ1) is 27.7. The van der Waals surface area contributed by atoms with Gasteiger partial charge in [0.1, 0.15) is 11.4 Å². The quantitative estimate of drug-likeness (QED) is 0.340. The van der Waals surface area contributed by atoms with E-state index >= 15 is 0 Å². The van der Waals surface area contributed by atoms with Crippen LogP contribution in [0.15, 0.2) is 71.4 Å². The van der Waals surface area contributed by atoms with Gasteiger partial charge in [0, 0.05) is 50.5 Å². The molecule has 0 unspecified atom stereocenters. The number of carbonyl (C=O) groups excluding carboxylic acids is 1. The minimum atomic E-state index is -4.18. The molecule has 3 heterocycles. The minimum Gasteiger partial charge on any atom is -0.505 e. The van der Waals surface area contributed by atoms with Crippen molar-refractivity contribution < 1.29 is 23.1 Å². The number of allylic oxidation sites excluding steroid dienone is 1. The Labute approximate surface area is 235 Å². The van der Waals surface area contributed by atoms with Crippen molar-refractivity contribution in [3.8, 4) is 5.75 Å². The Morgan fingerprint density at radius 3 is 2.35 bits per heavy atom. The van der Waals surface area contributed by atoms with Crippen molar-refractivity contribution in [2.24, 2.45) is 0 Å². The van der Waals surface area contributed by atoms with Gasteiger partial charge in [-0.2, -0.15) is 8.42 Å². The van der Waals surface area contributed by atoms with Crippen LogP contribution in [0.1, 0.15) is 33.6 Å². The van der Waals surface area contributed by atoms with E-state index in [1.807, 2.05) is 18.2 Å². The van der Waals surface area contributed by atoms with Gasteiger partial charge in [-0.05, 0) is 44.0 Å². The van der Waals surface area contributed by atoms with E-state index in [9.17, 15) is 18.3 Å². The van der Waals surface area contributed by atoms with Gasteiger partial charge >= 0.3 is 0 Å². The Bertz CT molecular complexity index is 1550. The molecule has 1 fully saturated rings. The first-order valence-corrected chi connectivity index (χ1v) is 14.8. The molecule has 2 aliphatic rings. The van der Waals surface area contributed by atoms with Crippen LogP contribution in [0.3, 0.4) is 0 Å². The van der Waals surface area contributed by atoms with Crippen LogP contribution >= 0.6 is 0 Å². The zero-order valence-corrected chi connectivity index (χ0v) is 23.8. The maximum absolute atomic E-state index is 13.9. The number of piperazine rings is 1. The van der Waals surface area contributed by atoms with Crippen LogP contribution in [0.4, 0.5) is 5.69 Å². The lowest BCUT2D eigenvalue weighted by molar-refractivity contribution is 0.0995. The van der Waals surface area contributed by atoms with E-state index in [1.165, 1.54) is 0 Å². The lowest BCUT2D eigenvalue weighted by atomic mass is 10.0. The molecule has 2 aromatic carbocycles. The van der Waals surface area contributed by atoms with Gasteiger partial charge in [0.2, 0.25) is 5.78 Å². The molecule has 1 N–H and O–H groups in total. The van der Waals surface area contributed by atoms with E-state index in [1.54, 1.807) is 57.4 Å². The number of ether oxygens (including phenoxy) is 1. The topological polar surface area (TPSA) is 103 Å². The zero-order valence-electron chi connectivity index (χ0n) is 23.0. The number of hydrogen-bond acceptors (Lipinski definition) is 8. The SMILES string of the molecule is COc1ccccc1N1CCN(CCCN2/C(=C(\O)c3ccccc3)C(=O)c3c(C)cc(C)nc3S2(=O)=O)CC1. The average Bonchev–Trinajstić information content (AvgIpc) is 2.96. The first-order chi connectivity index (χ1) is 19.2. The lowest BCUT2D eigenvalue weighted by Gasteiger charge is -2.37. The predicted octanol–water partition coefficient (Wildman–Crippen LogP) is 4.03. The van der Waals surface area contributed by atoms with Crippen molar-refractivity contribution in [3.05, 3.63) is 88.7 Å². The second-order valence-electron chi connectivity index (χ2n) is 10.1. The van der Waals surface area contributed by atoms with Crippen molar-refractivity contribution >= 4 is 27.3 Å². The van der Waals surface area contributed by atoms with Crippen LogP contribution in [0, 0.1) is 13.8 Å². The molecule has 0 radical (unpaired) electrons. The molecule has 2 aliphatic heterocycles. The summed E-state index contributed by atoms with van der Waals surface area (Å²) in [4.78, 5) is 22.6. The highest BCUT2D eigenvalue weighted by atomic mass is 32.2. The molecule has 10 heteroatoms. The molecule has 0 aliphatic carbocycles. The number of anilines is 1. The van der Waals surface area contributed by atoms with Crippen molar-refractivity contribution in [3.63, 3.8) is 0 Å². The van der Waals surface area contributed by atoms with Crippen molar-refractivity contribution in [1.29, 1.82) is 0 Å². The summed E-state index contributed by atoms with van der Waals surface area (Å²) in [6.07, 6.45) is 0.479. The predicted molar refractivity (Wildman–Crippen MR) is 154 cm³/mol. The molecule has 40 heavy (non-hydrogen) atoms. The van der Waals surface area contributed by atoms with Crippen LogP contribution in [0.2, 0.25) is 0 Å². The average molecular weight is 563 g/mol. The van der Waals surface area contributed by atoms with Gasteiger partial charge < -0.3 is 14.7 Å². The molecule has 0 amide bonds. The van der Waals surface area contributed by atoms with Gasteiger partial charge in [-0.25, -0.2) is 4.98 Å². The van der Waals surface area contributed by atoms with Gasteiger partial charge in [-0.3, -0.25) is 14.0 Å². The van der Waals surface area contributed by atoms with E-state index in [0.717, 1.165) is 41.9 Å². The molecule has 9 nitrogen and oxygen atoms in total. The molecule has 1 saturated heterocycles. The molecule has 1 aromatic heterocycles. The fraction of sp³-hybridized carbons (Fsp3) is 0.333. The Balaban J connectivity index is 1.37. The van der Waals surface area contributed by atoms with Crippen molar-refractivity contribution in [1.82, 2.24) is 14.2 Å². The van der Waals surface area contributed by atoms with Crippen LogP contribution < -0.4 is 9.64 Å². The molecule has 0 atom stereocenters. The third-order valence-electron chi connectivity index (χ3n) is 7.44.